The minimum atomic E-state index is -1.11. The van der Waals surface area contributed by atoms with Crippen molar-refractivity contribution >= 4 is 35.1 Å². The van der Waals surface area contributed by atoms with E-state index in [-0.39, 0.29) is 27.7 Å². The van der Waals surface area contributed by atoms with E-state index in [2.05, 4.69) is 0 Å². The maximum atomic E-state index is 11.6. The number of esters is 1. The Morgan fingerprint density at radius 1 is 1.41 bits per heavy atom. The van der Waals surface area contributed by atoms with Gasteiger partial charge in [0.1, 0.15) is 16.9 Å². The van der Waals surface area contributed by atoms with Crippen molar-refractivity contribution in [3.05, 3.63) is 27.7 Å². The Labute approximate surface area is 138 Å². The molecule has 7 heteroatoms. The van der Waals surface area contributed by atoms with Crippen molar-refractivity contribution in [3.8, 4) is 5.75 Å². The average molecular weight is 347 g/mol. The third-order valence-corrected chi connectivity index (χ3v) is 4.54. The van der Waals surface area contributed by atoms with Gasteiger partial charge in [-0.25, -0.2) is 4.79 Å². The summed E-state index contributed by atoms with van der Waals surface area (Å²) in [5.74, 6) is -0.998. The van der Waals surface area contributed by atoms with E-state index >= 15 is 0 Å². The fourth-order valence-electron chi connectivity index (χ4n) is 2.50. The maximum absolute atomic E-state index is 11.6. The molecule has 0 spiro atoms. The van der Waals surface area contributed by atoms with Crippen LogP contribution in [-0.2, 0) is 14.3 Å². The van der Waals surface area contributed by atoms with Crippen LogP contribution in [0.15, 0.2) is 12.1 Å². The van der Waals surface area contributed by atoms with E-state index < -0.39 is 18.7 Å². The van der Waals surface area contributed by atoms with Crippen LogP contribution in [0.4, 0.5) is 0 Å². The third-order valence-electron chi connectivity index (χ3n) is 3.66. The Morgan fingerprint density at radius 3 is 2.77 bits per heavy atom. The third kappa shape index (κ3) is 3.65. The number of carbonyl (C=O) groups is 2. The van der Waals surface area contributed by atoms with Gasteiger partial charge in [0.15, 0.2) is 6.61 Å². The monoisotopic (exact) mass is 346 g/mol. The van der Waals surface area contributed by atoms with Crippen LogP contribution in [0.5, 0.6) is 5.75 Å². The lowest BCUT2D eigenvalue weighted by Crippen LogP contribution is -2.26. The highest BCUT2D eigenvalue weighted by Crippen LogP contribution is 2.43. The lowest BCUT2D eigenvalue weighted by Gasteiger charge is -2.31. The van der Waals surface area contributed by atoms with Gasteiger partial charge in [0.05, 0.1) is 5.02 Å². The number of rotatable bonds is 5. The molecular formula is C15H16Cl2O5. The summed E-state index contributed by atoms with van der Waals surface area (Å²) in [6.45, 7) is 1.52. The number of carboxylic acids is 1. The van der Waals surface area contributed by atoms with Crippen LogP contribution >= 0.6 is 23.2 Å². The van der Waals surface area contributed by atoms with Crippen molar-refractivity contribution < 1.29 is 24.2 Å². The van der Waals surface area contributed by atoms with Gasteiger partial charge < -0.3 is 14.6 Å². The molecule has 0 aliphatic carbocycles. The molecule has 1 N–H and O–H groups in total. The molecule has 1 saturated heterocycles. The number of benzene rings is 1. The normalized spacial score (nSPS) is 21.3. The number of carbonyl (C=O) groups excluding carboxylic acids is 1. The fourth-order valence-corrected chi connectivity index (χ4v) is 2.99. The highest BCUT2D eigenvalue weighted by atomic mass is 35.5. The lowest BCUT2D eigenvalue weighted by atomic mass is 9.87. The van der Waals surface area contributed by atoms with E-state index in [1.807, 2.05) is 6.92 Å². The fraction of sp³-hybridized carbons (Fsp3) is 0.467. The minimum absolute atomic E-state index is 0.122. The number of hydrogen-bond donors (Lipinski definition) is 1. The molecule has 1 aliphatic rings. The Kier molecular flexibility index (Phi) is 5.53. The molecule has 0 bridgehead atoms. The van der Waals surface area contributed by atoms with E-state index in [4.69, 9.17) is 37.8 Å². The van der Waals surface area contributed by atoms with Crippen LogP contribution in [0, 0.1) is 5.92 Å². The molecule has 1 fully saturated rings. The zero-order chi connectivity index (χ0) is 16.3. The Morgan fingerprint density at radius 2 is 2.14 bits per heavy atom. The predicted molar refractivity (Wildman–Crippen MR) is 81.4 cm³/mol. The van der Waals surface area contributed by atoms with Crippen molar-refractivity contribution in [3.63, 3.8) is 0 Å². The van der Waals surface area contributed by atoms with E-state index in [9.17, 15) is 9.59 Å². The number of halogens is 2. The van der Waals surface area contributed by atoms with Gasteiger partial charge in [-0.15, -0.1) is 0 Å². The zero-order valence-electron chi connectivity index (χ0n) is 12.0. The summed E-state index contributed by atoms with van der Waals surface area (Å²) in [6.07, 6.45) is 1.55. The highest BCUT2D eigenvalue weighted by Gasteiger charge is 2.33. The van der Waals surface area contributed by atoms with E-state index in [0.29, 0.717) is 12.0 Å². The summed E-state index contributed by atoms with van der Waals surface area (Å²) in [6, 6.07) is 3.21. The van der Waals surface area contributed by atoms with Crippen LogP contribution in [0.2, 0.25) is 10.0 Å². The molecule has 1 aromatic carbocycles. The topological polar surface area (TPSA) is 72.8 Å². The van der Waals surface area contributed by atoms with Gasteiger partial charge in [0, 0.05) is 17.9 Å². The Hall–Kier alpha value is -1.46. The second-order valence-corrected chi connectivity index (χ2v) is 5.84. The smallest absolute Gasteiger partial charge is 0.341 e. The second kappa shape index (κ2) is 7.20. The average Bonchev–Trinajstić information content (AvgIpc) is 2.48. The molecule has 1 aromatic rings. The van der Waals surface area contributed by atoms with Gasteiger partial charge in [-0.05, 0) is 18.9 Å². The van der Waals surface area contributed by atoms with Gasteiger partial charge >= 0.3 is 11.9 Å². The van der Waals surface area contributed by atoms with Crippen LogP contribution < -0.4 is 4.74 Å². The molecule has 2 atom stereocenters. The first-order chi connectivity index (χ1) is 10.4. The maximum Gasteiger partial charge on any atom is 0.341 e. The first-order valence-electron chi connectivity index (χ1n) is 6.96. The highest BCUT2D eigenvalue weighted by molar-refractivity contribution is 6.43. The number of aliphatic carboxylic acids is 1. The quantitative estimate of drug-likeness (QED) is 0.819. The Balaban J connectivity index is 2.29. The van der Waals surface area contributed by atoms with Crippen molar-refractivity contribution in [1.82, 2.24) is 0 Å². The van der Waals surface area contributed by atoms with Crippen LogP contribution in [0.3, 0.4) is 0 Å². The van der Waals surface area contributed by atoms with Crippen molar-refractivity contribution in [2.75, 3.05) is 6.61 Å². The van der Waals surface area contributed by atoms with Crippen molar-refractivity contribution in [1.29, 1.82) is 0 Å². The van der Waals surface area contributed by atoms with Gasteiger partial charge in [-0.2, -0.15) is 0 Å². The molecule has 2 rings (SSSR count). The summed E-state index contributed by atoms with van der Waals surface area (Å²) in [4.78, 5) is 22.1. The molecule has 5 nitrogen and oxygen atoms in total. The van der Waals surface area contributed by atoms with Crippen LogP contribution in [0.25, 0.3) is 0 Å². The van der Waals surface area contributed by atoms with E-state index in [0.717, 1.165) is 12.8 Å². The molecule has 0 saturated carbocycles. The molecule has 0 aromatic heterocycles. The van der Waals surface area contributed by atoms with Gasteiger partial charge in [-0.1, -0.05) is 36.2 Å². The first kappa shape index (κ1) is 16.9. The van der Waals surface area contributed by atoms with Gasteiger partial charge in [0.2, 0.25) is 0 Å². The second-order valence-electron chi connectivity index (χ2n) is 5.08. The Bertz CT molecular complexity index is 588. The standard InChI is InChI=1S/C15H16Cl2O5/c1-2-8-3-6-12(20)22-15(8)9-4-5-10(14(17)13(9)16)21-7-11(18)19/h4-5,8,15H,2-3,6-7H2,1H3,(H,18,19)/t8-,15+/m0/s1. The predicted octanol–water partition coefficient (Wildman–Crippen LogP) is 3.86. The van der Waals surface area contributed by atoms with Crippen molar-refractivity contribution in [2.45, 2.75) is 32.3 Å². The summed E-state index contributed by atoms with van der Waals surface area (Å²) < 4.78 is 10.5. The van der Waals surface area contributed by atoms with Crippen LogP contribution in [0.1, 0.15) is 37.9 Å². The molecule has 120 valence electrons. The number of ether oxygens (including phenoxy) is 2. The molecule has 1 heterocycles. The van der Waals surface area contributed by atoms with Crippen molar-refractivity contribution in [2.24, 2.45) is 5.92 Å². The molecular weight excluding hydrogens is 331 g/mol. The SMILES string of the molecule is CC[C@H]1CCC(=O)O[C@H]1c1ccc(OCC(=O)O)c(Cl)c1Cl. The van der Waals surface area contributed by atoms with E-state index in [1.54, 1.807) is 12.1 Å². The van der Waals surface area contributed by atoms with E-state index in [1.165, 1.54) is 0 Å². The molecule has 22 heavy (non-hydrogen) atoms. The zero-order valence-corrected chi connectivity index (χ0v) is 13.5. The molecule has 0 amide bonds. The molecule has 0 unspecified atom stereocenters. The minimum Gasteiger partial charge on any atom is -0.480 e. The van der Waals surface area contributed by atoms with Gasteiger partial charge in [-0.3, -0.25) is 4.79 Å². The summed E-state index contributed by atoms with van der Waals surface area (Å²) >= 11 is 12.4. The van der Waals surface area contributed by atoms with Crippen LogP contribution in [-0.4, -0.2) is 23.7 Å². The number of cyclic esters (lactones) is 1. The number of carboxylic acid groups (broad SMARTS) is 1. The largest absolute Gasteiger partial charge is 0.480 e. The summed E-state index contributed by atoms with van der Waals surface area (Å²) in [7, 11) is 0. The molecule has 1 aliphatic heterocycles. The lowest BCUT2D eigenvalue weighted by molar-refractivity contribution is -0.159. The molecule has 0 radical (unpaired) electrons. The first-order valence-corrected chi connectivity index (χ1v) is 7.71. The van der Waals surface area contributed by atoms with Gasteiger partial charge in [0.25, 0.3) is 0 Å². The summed E-state index contributed by atoms with van der Waals surface area (Å²) in [5, 5.41) is 8.98. The summed E-state index contributed by atoms with van der Waals surface area (Å²) in [5.41, 5.74) is 0.620. The number of hydrogen-bond acceptors (Lipinski definition) is 4.